The third kappa shape index (κ3) is 5.67. The number of hydrogen-bond acceptors (Lipinski definition) is 1. The molecule has 1 rings (SSSR count). The van der Waals surface area contributed by atoms with Gasteiger partial charge in [0.2, 0.25) is 0 Å². The van der Waals surface area contributed by atoms with Crippen molar-refractivity contribution in [2.24, 2.45) is 5.92 Å². The van der Waals surface area contributed by atoms with Crippen molar-refractivity contribution >= 4 is 5.78 Å². The summed E-state index contributed by atoms with van der Waals surface area (Å²) in [6, 6.07) is 0. The Labute approximate surface area is 101 Å². The first-order chi connectivity index (χ1) is 7.84. The van der Waals surface area contributed by atoms with Crippen LogP contribution >= 0.6 is 0 Å². The van der Waals surface area contributed by atoms with Gasteiger partial charge in [-0.2, -0.15) is 0 Å². The number of Topliss-reactive ketones (excluding diaryl/α,β-unsaturated/α-hetero) is 1. The Bertz CT molecular complexity index is 180. The summed E-state index contributed by atoms with van der Waals surface area (Å²) in [4.78, 5) is 11.9. The Morgan fingerprint density at radius 1 is 0.938 bits per heavy atom. The number of carbonyl (C=O) groups is 1. The molecule has 1 nitrogen and oxygen atoms in total. The molecule has 1 fully saturated rings. The molecule has 0 aromatic carbocycles. The molecule has 0 heterocycles. The van der Waals surface area contributed by atoms with Crippen molar-refractivity contribution in [3.63, 3.8) is 0 Å². The molecule has 0 N–H and O–H groups in total. The normalized spacial score (nSPS) is 17.6. The number of hydrogen-bond donors (Lipinski definition) is 0. The highest BCUT2D eigenvalue weighted by Gasteiger charge is 2.19. The van der Waals surface area contributed by atoms with E-state index in [9.17, 15) is 4.79 Å². The smallest absolute Gasteiger partial charge is 0.135 e. The Hall–Kier alpha value is -0.330. The highest BCUT2D eigenvalue weighted by atomic mass is 16.1. The van der Waals surface area contributed by atoms with E-state index in [0.29, 0.717) is 11.7 Å². The van der Waals surface area contributed by atoms with E-state index in [1.165, 1.54) is 64.2 Å². The first-order valence-electron chi connectivity index (χ1n) is 7.37. The summed E-state index contributed by atoms with van der Waals surface area (Å²) >= 11 is 0. The molecule has 0 aromatic heterocycles. The van der Waals surface area contributed by atoms with E-state index in [1.54, 1.807) is 0 Å². The predicted octanol–water partition coefficient (Wildman–Crippen LogP) is 4.89. The minimum absolute atomic E-state index is 0.435. The van der Waals surface area contributed by atoms with Gasteiger partial charge in [0.15, 0.2) is 0 Å². The standard InChI is InChI=1S/C15H28O/c1-2-3-4-5-6-10-13-15(16)14-11-8-7-9-12-14/h14H,2-13H2,1H3. The topological polar surface area (TPSA) is 17.1 Å². The first-order valence-corrected chi connectivity index (χ1v) is 7.37. The van der Waals surface area contributed by atoms with Crippen LogP contribution in [0.5, 0.6) is 0 Å². The highest BCUT2D eigenvalue weighted by molar-refractivity contribution is 5.80. The maximum Gasteiger partial charge on any atom is 0.135 e. The van der Waals surface area contributed by atoms with Crippen LogP contribution in [-0.2, 0) is 4.79 Å². The molecule has 94 valence electrons. The molecule has 16 heavy (non-hydrogen) atoms. The Morgan fingerprint density at radius 2 is 1.56 bits per heavy atom. The van der Waals surface area contributed by atoms with Gasteiger partial charge in [0.05, 0.1) is 0 Å². The molecule has 0 amide bonds. The van der Waals surface area contributed by atoms with E-state index < -0.39 is 0 Å². The summed E-state index contributed by atoms with van der Waals surface area (Å²) in [7, 11) is 0. The Balaban J connectivity index is 1.97. The lowest BCUT2D eigenvalue weighted by Crippen LogP contribution is -2.17. The number of rotatable bonds is 8. The van der Waals surface area contributed by atoms with Crippen LogP contribution in [-0.4, -0.2) is 5.78 Å². The summed E-state index contributed by atoms with van der Waals surface area (Å²) in [6.07, 6.45) is 14.9. The average Bonchev–Trinajstić information content (AvgIpc) is 2.34. The average molecular weight is 224 g/mol. The third-order valence-corrected chi connectivity index (χ3v) is 3.84. The molecule has 0 atom stereocenters. The molecule has 1 heteroatoms. The van der Waals surface area contributed by atoms with Gasteiger partial charge < -0.3 is 0 Å². The summed E-state index contributed by atoms with van der Waals surface area (Å²) in [6.45, 7) is 2.24. The quantitative estimate of drug-likeness (QED) is 0.537. The molecule has 0 spiro atoms. The van der Waals surface area contributed by atoms with Crippen molar-refractivity contribution in [1.29, 1.82) is 0 Å². The van der Waals surface area contributed by atoms with E-state index in [2.05, 4.69) is 6.92 Å². The van der Waals surface area contributed by atoms with Crippen molar-refractivity contribution in [2.75, 3.05) is 0 Å². The van der Waals surface area contributed by atoms with Gasteiger partial charge in [0.25, 0.3) is 0 Å². The zero-order chi connectivity index (χ0) is 11.6. The molecular formula is C15H28O. The van der Waals surface area contributed by atoms with Crippen LogP contribution in [0.4, 0.5) is 0 Å². The van der Waals surface area contributed by atoms with Gasteiger partial charge in [-0.3, -0.25) is 4.79 Å². The van der Waals surface area contributed by atoms with Gasteiger partial charge >= 0.3 is 0 Å². The second-order valence-corrected chi connectivity index (χ2v) is 5.32. The summed E-state index contributed by atoms with van der Waals surface area (Å²) in [5.74, 6) is 1.000. The van der Waals surface area contributed by atoms with Crippen LogP contribution < -0.4 is 0 Å². The van der Waals surface area contributed by atoms with E-state index in [4.69, 9.17) is 0 Å². The lowest BCUT2D eigenvalue weighted by Gasteiger charge is -2.20. The van der Waals surface area contributed by atoms with Crippen molar-refractivity contribution in [2.45, 2.75) is 84.0 Å². The van der Waals surface area contributed by atoms with Crippen LogP contribution in [0.2, 0.25) is 0 Å². The van der Waals surface area contributed by atoms with Crippen LogP contribution in [0.25, 0.3) is 0 Å². The van der Waals surface area contributed by atoms with Gasteiger partial charge in [0, 0.05) is 12.3 Å². The van der Waals surface area contributed by atoms with Gasteiger partial charge in [-0.1, -0.05) is 58.3 Å². The van der Waals surface area contributed by atoms with E-state index in [0.717, 1.165) is 12.8 Å². The van der Waals surface area contributed by atoms with Crippen LogP contribution in [0, 0.1) is 5.92 Å². The van der Waals surface area contributed by atoms with Crippen LogP contribution in [0.1, 0.15) is 84.0 Å². The molecule has 0 saturated heterocycles. The maximum absolute atomic E-state index is 11.9. The van der Waals surface area contributed by atoms with Crippen molar-refractivity contribution in [3.05, 3.63) is 0 Å². The van der Waals surface area contributed by atoms with E-state index in [1.807, 2.05) is 0 Å². The molecule has 0 bridgehead atoms. The van der Waals surface area contributed by atoms with Gasteiger partial charge in [-0.05, 0) is 19.3 Å². The lowest BCUT2D eigenvalue weighted by atomic mass is 9.84. The van der Waals surface area contributed by atoms with Crippen LogP contribution in [0.3, 0.4) is 0 Å². The fourth-order valence-electron chi connectivity index (χ4n) is 2.71. The minimum atomic E-state index is 0.435. The van der Waals surface area contributed by atoms with Gasteiger partial charge in [-0.15, -0.1) is 0 Å². The molecule has 0 unspecified atom stereocenters. The Kier molecular flexibility index (Phi) is 7.54. The highest BCUT2D eigenvalue weighted by Crippen LogP contribution is 2.25. The summed E-state index contributed by atoms with van der Waals surface area (Å²) in [5.41, 5.74) is 0. The molecule has 0 radical (unpaired) electrons. The van der Waals surface area contributed by atoms with Crippen molar-refractivity contribution in [1.82, 2.24) is 0 Å². The molecular weight excluding hydrogens is 196 g/mol. The zero-order valence-electron chi connectivity index (χ0n) is 11.0. The lowest BCUT2D eigenvalue weighted by molar-refractivity contribution is -0.123. The third-order valence-electron chi connectivity index (χ3n) is 3.84. The fourth-order valence-corrected chi connectivity index (χ4v) is 2.71. The molecule has 1 aliphatic rings. The second kappa shape index (κ2) is 8.78. The maximum atomic E-state index is 11.9. The van der Waals surface area contributed by atoms with E-state index in [-0.39, 0.29) is 0 Å². The first kappa shape index (κ1) is 13.7. The monoisotopic (exact) mass is 224 g/mol. The molecule has 0 aromatic rings. The zero-order valence-corrected chi connectivity index (χ0v) is 11.0. The summed E-state index contributed by atoms with van der Waals surface area (Å²) < 4.78 is 0. The largest absolute Gasteiger partial charge is 0.299 e. The Morgan fingerprint density at radius 3 is 2.25 bits per heavy atom. The SMILES string of the molecule is CCCCCCCCC(=O)C1CCCCC1. The van der Waals surface area contributed by atoms with E-state index >= 15 is 0 Å². The fraction of sp³-hybridized carbons (Fsp3) is 0.933. The summed E-state index contributed by atoms with van der Waals surface area (Å²) in [5, 5.41) is 0. The predicted molar refractivity (Wildman–Crippen MR) is 69.6 cm³/mol. The molecule has 1 saturated carbocycles. The minimum Gasteiger partial charge on any atom is -0.299 e. The van der Waals surface area contributed by atoms with Gasteiger partial charge in [0.1, 0.15) is 5.78 Å². The van der Waals surface area contributed by atoms with Crippen LogP contribution in [0.15, 0.2) is 0 Å². The number of unbranched alkanes of at least 4 members (excludes halogenated alkanes) is 5. The van der Waals surface area contributed by atoms with Crippen molar-refractivity contribution < 1.29 is 4.79 Å². The number of ketones is 1. The number of carbonyl (C=O) groups excluding carboxylic acids is 1. The van der Waals surface area contributed by atoms with Gasteiger partial charge in [-0.25, -0.2) is 0 Å². The van der Waals surface area contributed by atoms with Crippen molar-refractivity contribution in [3.8, 4) is 0 Å². The molecule has 0 aliphatic heterocycles. The second-order valence-electron chi connectivity index (χ2n) is 5.32. The molecule has 1 aliphatic carbocycles.